The van der Waals surface area contributed by atoms with Gasteiger partial charge in [-0.1, -0.05) is 0 Å². The van der Waals surface area contributed by atoms with Gasteiger partial charge in [-0.05, 0) is 25.1 Å². The Morgan fingerprint density at radius 2 is 2.12 bits per heavy atom. The number of nitrogens with zero attached hydrogens (tertiary/aromatic N) is 2. The molecule has 7 nitrogen and oxygen atoms in total. The molecular formula is C18H20N2O5. The van der Waals surface area contributed by atoms with Crippen molar-refractivity contribution in [2.24, 2.45) is 7.05 Å². The number of hydrogen-bond acceptors (Lipinski definition) is 5. The molecule has 3 heterocycles. The van der Waals surface area contributed by atoms with Crippen LogP contribution in [-0.4, -0.2) is 47.0 Å². The molecule has 0 radical (unpaired) electrons. The van der Waals surface area contributed by atoms with E-state index in [1.807, 2.05) is 0 Å². The summed E-state index contributed by atoms with van der Waals surface area (Å²) in [6, 6.07) is 5.88. The lowest BCUT2D eigenvalue weighted by atomic mass is 10.0. The van der Waals surface area contributed by atoms with Crippen molar-refractivity contribution in [3.63, 3.8) is 0 Å². The SMILES string of the molecule is Cc1cc(C(=O)N2CCOCC2CC(=O)c2ccco2)cc(=O)n1C. The first-order valence-electron chi connectivity index (χ1n) is 8.10. The van der Waals surface area contributed by atoms with Crippen molar-refractivity contribution >= 4 is 11.7 Å². The van der Waals surface area contributed by atoms with Crippen LogP contribution in [0.4, 0.5) is 0 Å². The second kappa shape index (κ2) is 7.06. The Morgan fingerprint density at radius 3 is 2.80 bits per heavy atom. The number of carbonyl (C=O) groups excluding carboxylic acids is 2. The lowest BCUT2D eigenvalue weighted by Gasteiger charge is -2.35. The van der Waals surface area contributed by atoms with Crippen molar-refractivity contribution < 1.29 is 18.7 Å². The second-order valence-corrected chi connectivity index (χ2v) is 6.11. The minimum Gasteiger partial charge on any atom is -0.461 e. The highest BCUT2D eigenvalue weighted by Crippen LogP contribution is 2.17. The number of furan rings is 1. The van der Waals surface area contributed by atoms with E-state index in [4.69, 9.17) is 9.15 Å². The van der Waals surface area contributed by atoms with Crippen LogP contribution in [0.15, 0.2) is 39.7 Å². The standard InChI is InChI=1S/C18H20N2O5/c1-12-8-13(9-17(22)19(12)2)18(23)20-5-7-24-11-14(20)10-15(21)16-4-3-6-25-16/h3-4,6,8-9,14H,5,7,10-11H2,1-2H3. The predicted octanol–water partition coefficient (Wildman–Crippen LogP) is 1.40. The summed E-state index contributed by atoms with van der Waals surface area (Å²) in [4.78, 5) is 38.7. The van der Waals surface area contributed by atoms with Crippen molar-refractivity contribution in [3.8, 4) is 0 Å². The number of aromatic nitrogens is 1. The van der Waals surface area contributed by atoms with Gasteiger partial charge in [0.1, 0.15) is 0 Å². The molecule has 0 N–H and O–H groups in total. The maximum atomic E-state index is 12.9. The Balaban J connectivity index is 1.82. The molecule has 3 rings (SSSR count). The van der Waals surface area contributed by atoms with E-state index in [9.17, 15) is 14.4 Å². The monoisotopic (exact) mass is 344 g/mol. The Bertz CT molecular complexity index is 838. The number of Topliss-reactive ketones (excluding diaryl/α,β-unsaturated/α-hetero) is 1. The first kappa shape index (κ1) is 17.2. The molecule has 2 aromatic rings. The third-order valence-corrected chi connectivity index (χ3v) is 4.46. The van der Waals surface area contributed by atoms with Gasteiger partial charge in [0.25, 0.3) is 11.5 Å². The number of amides is 1. The lowest BCUT2D eigenvalue weighted by Crippen LogP contribution is -2.49. The summed E-state index contributed by atoms with van der Waals surface area (Å²) >= 11 is 0. The first-order valence-corrected chi connectivity index (χ1v) is 8.10. The topological polar surface area (TPSA) is 81.8 Å². The van der Waals surface area contributed by atoms with Gasteiger partial charge in [-0.25, -0.2) is 0 Å². The van der Waals surface area contributed by atoms with Gasteiger partial charge in [-0.15, -0.1) is 0 Å². The maximum Gasteiger partial charge on any atom is 0.254 e. The largest absolute Gasteiger partial charge is 0.461 e. The van der Waals surface area contributed by atoms with Crippen molar-refractivity contribution in [2.75, 3.05) is 19.8 Å². The highest BCUT2D eigenvalue weighted by atomic mass is 16.5. The smallest absolute Gasteiger partial charge is 0.254 e. The third kappa shape index (κ3) is 3.56. The van der Waals surface area contributed by atoms with Crippen molar-refractivity contribution in [2.45, 2.75) is 19.4 Å². The molecule has 2 aromatic heterocycles. The van der Waals surface area contributed by atoms with Gasteiger partial charge >= 0.3 is 0 Å². The summed E-state index contributed by atoms with van der Waals surface area (Å²) in [6.07, 6.45) is 1.55. The fraction of sp³-hybridized carbons (Fsp3) is 0.389. The number of ketones is 1. The van der Waals surface area contributed by atoms with E-state index in [-0.39, 0.29) is 42.1 Å². The second-order valence-electron chi connectivity index (χ2n) is 6.11. The van der Waals surface area contributed by atoms with Crippen LogP contribution < -0.4 is 5.56 Å². The highest BCUT2D eigenvalue weighted by Gasteiger charge is 2.31. The van der Waals surface area contributed by atoms with E-state index in [1.54, 1.807) is 37.1 Å². The zero-order valence-electron chi connectivity index (χ0n) is 14.2. The number of ether oxygens (including phenoxy) is 1. The molecule has 1 fully saturated rings. The lowest BCUT2D eigenvalue weighted by molar-refractivity contribution is -0.00305. The Labute approximate surface area is 144 Å². The average molecular weight is 344 g/mol. The fourth-order valence-electron chi connectivity index (χ4n) is 2.90. The molecule has 25 heavy (non-hydrogen) atoms. The quantitative estimate of drug-likeness (QED) is 0.783. The number of morpholine rings is 1. The van der Waals surface area contributed by atoms with Crippen LogP contribution in [0.25, 0.3) is 0 Å². The first-order chi connectivity index (χ1) is 12.0. The van der Waals surface area contributed by atoms with E-state index in [0.29, 0.717) is 24.4 Å². The molecule has 7 heteroatoms. The predicted molar refractivity (Wildman–Crippen MR) is 89.7 cm³/mol. The van der Waals surface area contributed by atoms with E-state index < -0.39 is 0 Å². The summed E-state index contributed by atoms with van der Waals surface area (Å²) in [7, 11) is 1.66. The Hall–Kier alpha value is -2.67. The van der Waals surface area contributed by atoms with Gasteiger partial charge in [0, 0.05) is 37.3 Å². The molecule has 0 saturated carbocycles. The van der Waals surface area contributed by atoms with Gasteiger partial charge in [0.2, 0.25) is 0 Å². The zero-order chi connectivity index (χ0) is 18.0. The van der Waals surface area contributed by atoms with Crippen LogP contribution in [0.1, 0.15) is 33.0 Å². The van der Waals surface area contributed by atoms with Gasteiger partial charge in [0.15, 0.2) is 11.5 Å². The van der Waals surface area contributed by atoms with Crippen LogP contribution in [0.3, 0.4) is 0 Å². The van der Waals surface area contributed by atoms with Gasteiger partial charge in [-0.3, -0.25) is 14.4 Å². The summed E-state index contributed by atoms with van der Waals surface area (Å²) in [5.41, 5.74) is 0.796. The molecule has 0 spiro atoms. The normalized spacial score (nSPS) is 17.5. The van der Waals surface area contributed by atoms with Crippen LogP contribution in [-0.2, 0) is 11.8 Å². The minimum absolute atomic E-state index is 0.114. The number of hydrogen-bond donors (Lipinski definition) is 0. The van der Waals surface area contributed by atoms with E-state index in [1.165, 1.54) is 16.9 Å². The molecule has 0 bridgehead atoms. The highest BCUT2D eigenvalue weighted by molar-refractivity contribution is 5.96. The average Bonchev–Trinajstić information content (AvgIpc) is 3.14. The molecule has 0 aromatic carbocycles. The number of carbonyl (C=O) groups is 2. The summed E-state index contributed by atoms with van der Waals surface area (Å²) in [5.74, 6) is -0.179. The molecule has 1 atom stereocenters. The minimum atomic E-state index is -0.386. The van der Waals surface area contributed by atoms with Crippen LogP contribution in [0.2, 0.25) is 0 Å². The van der Waals surface area contributed by atoms with Crippen LogP contribution >= 0.6 is 0 Å². The molecule has 1 unspecified atom stereocenters. The molecular weight excluding hydrogens is 324 g/mol. The third-order valence-electron chi connectivity index (χ3n) is 4.46. The molecule has 1 amide bonds. The molecule has 1 saturated heterocycles. The van der Waals surface area contributed by atoms with Crippen molar-refractivity contribution in [1.82, 2.24) is 9.47 Å². The summed E-state index contributed by atoms with van der Waals surface area (Å²) in [5, 5.41) is 0. The number of pyridine rings is 1. The van der Waals surface area contributed by atoms with Crippen LogP contribution in [0.5, 0.6) is 0 Å². The van der Waals surface area contributed by atoms with Crippen molar-refractivity contribution in [3.05, 3.63) is 57.9 Å². The fourth-order valence-corrected chi connectivity index (χ4v) is 2.90. The maximum absolute atomic E-state index is 12.9. The van der Waals surface area contributed by atoms with E-state index in [2.05, 4.69) is 0 Å². The Kier molecular flexibility index (Phi) is 4.85. The number of aryl methyl sites for hydroxylation is 1. The van der Waals surface area contributed by atoms with Crippen molar-refractivity contribution in [1.29, 1.82) is 0 Å². The van der Waals surface area contributed by atoms with Crippen LogP contribution in [0, 0.1) is 6.92 Å². The molecule has 132 valence electrons. The summed E-state index contributed by atoms with van der Waals surface area (Å²) < 4.78 is 12.0. The molecule has 0 aliphatic carbocycles. The Morgan fingerprint density at radius 1 is 1.32 bits per heavy atom. The molecule has 1 aliphatic rings. The van der Waals surface area contributed by atoms with Gasteiger partial charge in [0.05, 0.1) is 25.5 Å². The number of rotatable bonds is 4. The van der Waals surface area contributed by atoms with E-state index >= 15 is 0 Å². The van der Waals surface area contributed by atoms with Gasteiger partial charge in [-0.2, -0.15) is 0 Å². The summed E-state index contributed by atoms with van der Waals surface area (Å²) in [6.45, 7) is 2.83. The van der Waals surface area contributed by atoms with Gasteiger partial charge < -0.3 is 18.6 Å². The zero-order valence-corrected chi connectivity index (χ0v) is 14.2. The molecule has 1 aliphatic heterocycles. The van der Waals surface area contributed by atoms with E-state index in [0.717, 1.165) is 0 Å².